The molecule has 0 bridgehead atoms. The van der Waals surface area contributed by atoms with Crippen molar-refractivity contribution in [2.75, 3.05) is 23.7 Å². The van der Waals surface area contributed by atoms with Crippen molar-refractivity contribution in [1.29, 1.82) is 0 Å². The van der Waals surface area contributed by atoms with Crippen molar-refractivity contribution in [2.24, 2.45) is 0 Å². The van der Waals surface area contributed by atoms with Crippen LogP contribution in [0.15, 0.2) is 42.5 Å². The smallest absolute Gasteiger partial charge is 0.406 e. The molecule has 0 aliphatic carbocycles. The highest BCUT2D eigenvalue weighted by atomic mass is 35.5. The molecule has 1 saturated heterocycles. The fraction of sp³-hybridized carbons (Fsp3) is 0.316. The van der Waals surface area contributed by atoms with Crippen molar-refractivity contribution in [3.05, 3.63) is 53.6 Å². The van der Waals surface area contributed by atoms with Gasteiger partial charge in [0.1, 0.15) is 5.75 Å². The Labute approximate surface area is 179 Å². The minimum atomic E-state index is -4.73. The monoisotopic (exact) mass is 451 g/mol. The van der Waals surface area contributed by atoms with E-state index >= 15 is 0 Å². The van der Waals surface area contributed by atoms with E-state index in [1.165, 1.54) is 18.2 Å². The van der Waals surface area contributed by atoms with Crippen LogP contribution >= 0.6 is 24.8 Å². The van der Waals surface area contributed by atoms with Crippen molar-refractivity contribution in [3.8, 4) is 5.75 Å². The second-order valence-corrected chi connectivity index (χ2v) is 6.52. The van der Waals surface area contributed by atoms with Gasteiger partial charge in [-0.05, 0) is 43.2 Å². The summed E-state index contributed by atoms with van der Waals surface area (Å²) in [6.07, 6.45) is -4.03. The number of hydrogen-bond donors (Lipinski definition) is 2. The van der Waals surface area contributed by atoms with Crippen LogP contribution in [0.25, 0.3) is 0 Å². The van der Waals surface area contributed by atoms with Gasteiger partial charge < -0.3 is 20.7 Å². The molecule has 1 aliphatic rings. The van der Waals surface area contributed by atoms with Crippen LogP contribution in [-0.4, -0.2) is 31.4 Å². The Bertz CT molecular complexity index is 850. The number of nitrogen functional groups attached to an aromatic ring is 1. The van der Waals surface area contributed by atoms with Gasteiger partial charge in [0.15, 0.2) is 0 Å². The zero-order valence-electron chi connectivity index (χ0n) is 15.5. The largest absolute Gasteiger partial charge is 0.573 e. The highest BCUT2D eigenvalue weighted by Gasteiger charge is 2.31. The van der Waals surface area contributed by atoms with E-state index in [-0.39, 0.29) is 42.5 Å². The molecule has 1 fully saturated rings. The molecule has 0 spiro atoms. The molecule has 160 valence electrons. The van der Waals surface area contributed by atoms with Crippen LogP contribution < -0.4 is 20.7 Å². The summed E-state index contributed by atoms with van der Waals surface area (Å²) in [5.41, 5.74) is 8.23. The normalized spacial score (nSPS) is 15.9. The number of ether oxygens (including phenoxy) is 1. The number of aryl methyl sites for hydroxylation is 1. The molecule has 1 amide bonds. The summed E-state index contributed by atoms with van der Waals surface area (Å²) in [4.78, 5) is 14.4. The summed E-state index contributed by atoms with van der Waals surface area (Å²) in [6.45, 7) is 2.96. The van der Waals surface area contributed by atoms with E-state index in [4.69, 9.17) is 5.73 Å². The van der Waals surface area contributed by atoms with Crippen molar-refractivity contribution >= 4 is 42.1 Å². The molecule has 2 aromatic carbocycles. The third kappa shape index (κ3) is 6.61. The van der Waals surface area contributed by atoms with E-state index in [0.29, 0.717) is 36.4 Å². The molecule has 1 unspecified atom stereocenters. The van der Waals surface area contributed by atoms with E-state index in [1.807, 2.05) is 11.8 Å². The number of rotatable bonds is 4. The molecule has 5 nitrogen and oxygen atoms in total. The molecule has 0 radical (unpaired) electrons. The fourth-order valence-electron chi connectivity index (χ4n) is 3.14. The predicted octanol–water partition coefficient (Wildman–Crippen LogP) is 4.33. The maximum Gasteiger partial charge on any atom is 0.573 e. The number of anilines is 2. The molecular weight excluding hydrogens is 430 g/mol. The van der Waals surface area contributed by atoms with Gasteiger partial charge in [-0.1, -0.05) is 12.1 Å². The summed E-state index contributed by atoms with van der Waals surface area (Å²) in [7, 11) is 0. The third-order valence-corrected chi connectivity index (χ3v) is 4.45. The van der Waals surface area contributed by atoms with Gasteiger partial charge in [-0.3, -0.25) is 4.79 Å². The van der Waals surface area contributed by atoms with Gasteiger partial charge in [-0.15, -0.1) is 38.0 Å². The number of amides is 1. The Morgan fingerprint density at radius 3 is 2.62 bits per heavy atom. The summed E-state index contributed by atoms with van der Waals surface area (Å²) >= 11 is 0. The minimum Gasteiger partial charge on any atom is -0.406 e. The number of halogens is 5. The first-order valence-corrected chi connectivity index (χ1v) is 8.49. The zero-order chi connectivity index (χ0) is 19.6. The van der Waals surface area contributed by atoms with Gasteiger partial charge >= 0.3 is 6.36 Å². The summed E-state index contributed by atoms with van der Waals surface area (Å²) in [5.74, 6) is -0.469. The molecule has 3 N–H and O–H groups in total. The molecule has 0 saturated carbocycles. The van der Waals surface area contributed by atoms with Crippen molar-refractivity contribution in [1.82, 2.24) is 5.32 Å². The average Bonchev–Trinajstić information content (AvgIpc) is 3.04. The van der Waals surface area contributed by atoms with Crippen LogP contribution in [0.1, 0.15) is 22.3 Å². The first kappa shape index (κ1) is 24.7. The Balaban J connectivity index is 0.00000210. The maximum absolute atomic E-state index is 12.5. The number of alkyl halides is 3. The predicted molar refractivity (Wildman–Crippen MR) is 111 cm³/mol. The second kappa shape index (κ2) is 9.93. The molecule has 0 aromatic heterocycles. The van der Waals surface area contributed by atoms with E-state index in [1.54, 1.807) is 24.3 Å². The molecule has 1 aliphatic heterocycles. The Kier molecular flexibility index (Phi) is 8.47. The second-order valence-electron chi connectivity index (χ2n) is 6.52. The Morgan fingerprint density at radius 2 is 1.93 bits per heavy atom. The number of nitrogens with two attached hydrogens (primary N) is 1. The first-order valence-electron chi connectivity index (χ1n) is 8.49. The fourth-order valence-corrected chi connectivity index (χ4v) is 3.14. The van der Waals surface area contributed by atoms with E-state index in [9.17, 15) is 18.0 Å². The molecule has 29 heavy (non-hydrogen) atoms. The van der Waals surface area contributed by atoms with E-state index in [2.05, 4.69) is 10.1 Å². The number of carbonyl (C=O) groups excluding carboxylic acids is 1. The highest BCUT2D eigenvalue weighted by molar-refractivity contribution is 5.96. The molecule has 1 atom stereocenters. The summed E-state index contributed by atoms with van der Waals surface area (Å²) in [6, 6.07) is 10.9. The maximum atomic E-state index is 12.5. The van der Waals surface area contributed by atoms with Crippen molar-refractivity contribution in [3.63, 3.8) is 0 Å². The van der Waals surface area contributed by atoms with E-state index in [0.717, 1.165) is 5.56 Å². The van der Waals surface area contributed by atoms with Gasteiger partial charge in [0.2, 0.25) is 0 Å². The summed E-state index contributed by atoms with van der Waals surface area (Å²) < 4.78 is 41.1. The van der Waals surface area contributed by atoms with Crippen LogP contribution in [0.5, 0.6) is 5.75 Å². The van der Waals surface area contributed by atoms with Gasteiger partial charge in [0.05, 0.1) is 0 Å². The zero-order valence-corrected chi connectivity index (χ0v) is 17.2. The van der Waals surface area contributed by atoms with Gasteiger partial charge in [-0.2, -0.15) is 0 Å². The molecule has 1 heterocycles. The third-order valence-electron chi connectivity index (χ3n) is 4.45. The molecule has 10 heteroatoms. The minimum absolute atomic E-state index is 0. The van der Waals surface area contributed by atoms with Crippen LogP contribution in [0.3, 0.4) is 0 Å². The standard InChI is InChI=1S/C19H20F3N3O2.2ClH/c1-12-5-6-13(23)9-17(12)18(26)24-14-7-8-25(11-14)15-3-2-4-16(10-15)27-19(20,21)22;;/h2-6,9-10,14H,7-8,11,23H2,1H3,(H,24,26);2*1H. The lowest BCUT2D eigenvalue weighted by Crippen LogP contribution is -2.37. The van der Waals surface area contributed by atoms with Gasteiger partial charge in [0, 0.05) is 42.1 Å². The molecule has 2 aromatic rings. The average molecular weight is 452 g/mol. The lowest BCUT2D eigenvalue weighted by atomic mass is 10.1. The number of nitrogens with one attached hydrogen (secondary N) is 1. The Hall–Kier alpha value is -2.32. The lowest BCUT2D eigenvalue weighted by molar-refractivity contribution is -0.274. The van der Waals surface area contributed by atoms with Crippen LogP contribution in [0.4, 0.5) is 24.5 Å². The highest BCUT2D eigenvalue weighted by Crippen LogP contribution is 2.28. The number of hydrogen-bond acceptors (Lipinski definition) is 4. The van der Waals surface area contributed by atoms with Crippen LogP contribution in [-0.2, 0) is 0 Å². The Morgan fingerprint density at radius 1 is 1.21 bits per heavy atom. The molecular formula is C19H22Cl2F3N3O2. The van der Waals surface area contributed by atoms with E-state index < -0.39 is 6.36 Å². The lowest BCUT2D eigenvalue weighted by Gasteiger charge is -2.20. The topological polar surface area (TPSA) is 67.6 Å². The number of nitrogens with zero attached hydrogens (tertiary/aromatic N) is 1. The number of benzene rings is 2. The van der Waals surface area contributed by atoms with Crippen LogP contribution in [0.2, 0.25) is 0 Å². The quantitative estimate of drug-likeness (QED) is 0.678. The van der Waals surface area contributed by atoms with Crippen LogP contribution in [0, 0.1) is 6.92 Å². The number of carbonyl (C=O) groups is 1. The van der Waals surface area contributed by atoms with Gasteiger partial charge in [0.25, 0.3) is 5.91 Å². The van der Waals surface area contributed by atoms with Crippen molar-refractivity contribution < 1.29 is 22.7 Å². The van der Waals surface area contributed by atoms with Crippen molar-refractivity contribution in [2.45, 2.75) is 25.7 Å². The molecule has 3 rings (SSSR count). The SMILES string of the molecule is Cc1ccc(N)cc1C(=O)NC1CCN(c2cccc(OC(F)(F)F)c2)C1.Cl.Cl. The first-order chi connectivity index (χ1) is 12.7. The van der Waals surface area contributed by atoms with Gasteiger partial charge in [-0.25, -0.2) is 0 Å². The summed E-state index contributed by atoms with van der Waals surface area (Å²) in [5, 5.41) is 2.97.